The summed E-state index contributed by atoms with van der Waals surface area (Å²) < 4.78 is 0. The van der Waals surface area contributed by atoms with Crippen LogP contribution in [0.3, 0.4) is 0 Å². The molecule has 0 aromatic heterocycles. The van der Waals surface area contributed by atoms with Crippen molar-refractivity contribution >= 4 is 0 Å². The topological polar surface area (TPSA) is 18.5 Å². The van der Waals surface area contributed by atoms with Crippen LogP contribution in [0.4, 0.5) is 0 Å². The molecule has 3 nitrogen and oxygen atoms in total. The van der Waals surface area contributed by atoms with Crippen LogP contribution in [-0.4, -0.2) is 61.7 Å². The number of rotatable bonds is 6. The van der Waals surface area contributed by atoms with E-state index in [-0.39, 0.29) is 5.54 Å². The fourth-order valence-electron chi connectivity index (χ4n) is 2.23. The van der Waals surface area contributed by atoms with E-state index in [9.17, 15) is 0 Å². The van der Waals surface area contributed by atoms with Gasteiger partial charge in [-0.15, -0.1) is 0 Å². The molecule has 1 aliphatic rings. The van der Waals surface area contributed by atoms with Gasteiger partial charge in [-0.25, -0.2) is 0 Å². The van der Waals surface area contributed by atoms with Crippen LogP contribution in [0.5, 0.6) is 0 Å². The van der Waals surface area contributed by atoms with E-state index in [0.29, 0.717) is 0 Å². The van der Waals surface area contributed by atoms with Crippen molar-refractivity contribution in [1.29, 1.82) is 0 Å². The molecule has 1 aliphatic heterocycles. The van der Waals surface area contributed by atoms with Crippen LogP contribution < -0.4 is 5.32 Å². The van der Waals surface area contributed by atoms with Crippen molar-refractivity contribution < 1.29 is 0 Å². The first-order chi connectivity index (χ1) is 7.95. The molecule has 1 fully saturated rings. The van der Waals surface area contributed by atoms with Crippen molar-refractivity contribution in [1.82, 2.24) is 15.1 Å². The van der Waals surface area contributed by atoms with E-state index in [4.69, 9.17) is 0 Å². The summed E-state index contributed by atoms with van der Waals surface area (Å²) in [5, 5.41) is 3.74. The Balaban J connectivity index is 2.22. The molecule has 0 amide bonds. The smallest absolute Gasteiger partial charge is 0.0271 e. The SMILES string of the molecule is CCCN1CCC(NCC(C)(C)N(C)C)CC1. The lowest BCUT2D eigenvalue weighted by molar-refractivity contribution is 0.159. The van der Waals surface area contributed by atoms with Crippen molar-refractivity contribution in [3.63, 3.8) is 0 Å². The third-order valence-electron chi connectivity index (χ3n) is 4.16. The number of likely N-dealkylation sites (N-methyl/N-ethyl adjacent to an activating group) is 1. The third kappa shape index (κ3) is 4.94. The zero-order valence-corrected chi connectivity index (χ0v) is 12.4. The van der Waals surface area contributed by atoms with E-state index in [1.165, 1.54) is 38.9 Å². The van der Waals surface area contributed by atoms with Crippen LogP contribution >= 0.6 is 0 Å². The third-order valence-corrected chi connectivity index (χ3v) is 4.16. The van der Waals surface area contributed by atoms with Gasteiger partial charge >= 0.3 is 0 Å². The maximum atomic E-state index is 3.74. The fraction of sp³-hybridized carbons (Fsp3) is 1.00. The quantitative estimate of drug-likeness (QED) is 0.765. The molecule has 0 aliphatic carbocycles. The molecule has 0 atom stereocenters. The Morgan fingerprint density at radius 1 is 1.24 bits per heavy atom. The number of hydrogen-bond acceptors (Lipinski definition) is 3. The number of nitrogens with zero attached hydrogens (tertiary/aromatic N) is 2. The first-order valence-corrected chi connectivity index (χ1v) is 7.09. The second-order valence-corrected chi connectivity index (χ2v) is 6.20. The van der Waals surface area contributed by atoms with Crippen LogP contribution in [0.1, 0.15) is 40.0 Å². The van der Waals surface area contributed by atoms with Crippen LogP contribution in [0.15, 0.2) is 0 Å². The molecule has 102 valence electrons. The van der Waals surface area contributed by atoms with Crippen LogP contribution in [0, 0.1) is 0 Å². The standard InChI is InChI=1S/C14H31N3/c1-6-9-17-10-7-13(8-11-17)15-12-14(2,3)16(4)5/h13,15H,6-12H2,1-5H3. The highest BCUT2D eigenvalue weighted by molar-refractivity contribution is 4.84. The lowest BCUT2D eigenvalue weighted by Gasteiger charge is -2.37. The molecule has 1 saturated heterocycles. The predicted octanol–water partition coefficient (Wildman–Crippen LogP) is 1.79. The molecule has 0 aromatic rings. The van der Waals surface area contributed by atoms with Gasteiger partial charge in [0.15, 0.2) is 0 Å². The van der Waals surface area contributed by atoms with Crippen molar-refractivity contribution in [3.05, 3.63) is 0 Å². The first kappa shape index (κ1) is 14.9. The van der Waals surface area contributed by atoms with E-state index in [0.717, 1.165) is 12.6 Å². The van der Waals surface area contributed by atoms with Gasteiger partial charge in [0.25, 0.3) is 0 Å². The second kappa shape index (κ2) is 6.72. The Bertz CT molecular complexity index is 206. The Kier molecular flexibility index (Phi) is 5.90. The molecule has 0 spiro atoms. The molecule has 3 heteroatoms. The summed E-state index contributed by atoms with van der Waals surface area (Å²) in [4.78, 5) is 4.89. The van der Waals surface area contributed by atoms with Gasteiger partial charge in [0, 0.05) is 18.1 Å². The maximum Gasteiger partial charge on any atom is 0.0271 e. The van der Waals surface area contributed by atoms with Crippen LogP contribution in [0.25, 0.3) is 0 Å². The van der Waals surface area contributed by atoms with E-state index in [1.807, 2.05) is 0 Å². The lowest BCUT2D eigenvalue weighted by Crippen LogP contribution is -2.51. The van der Waals surface area contributed by atoms with E-state index >= 15 is 0 Å². The average molecular weight is 241 g/mol. The van der Waals surface area contributed by atoms with Crippen molar-refractivity contribution in [2.75, 3.05) is 40.3 Å². The van der Waals surface area contributed by atoms with Crippen molar-refractivity contribution in [2.24, 2.45) is 0 Å². The zero-order valence-electron chi connectivity index (χ0n) is 12.4. The van der Waals surface area contributed by atoms with Gasteiger partial charge in [-0.3, -0.25) is 0 Å². The molecule has 0 aromatic carbocycles. The van der Waals surface area contributed by atoms with E-state index in [2.05, 4.69) is 50.0 Å². The van der Waals surface area contributed by atoms with Gasteiger partial charge in [-0.2, -0.15) is 0 Å². The summed E-state index contributed by atoms with van der Waals surface area (Å²) in [5.41, 5.74) is 0.251. The number of likely N-dealkylation sites (tertiary alicyclic amines) is 1. The number of hydrogen-bond donors (Lipinski definition) is 1. The highest BCUT2D eigenvalue weighted by Gasteiger charge is 2.23. The molecule has 0 bridgehead atoms. The van der Waals surface area contributed by atoms with Crippen molar-refractivity contribution in [3.8, 4) is 0 Å². The predicted molar refractivity (Wildman–Crippen MR) is 75.5 cm³/mol. The number of piperidine rings is 1. The normalized spacial score (nSPS) is 20.1. The second-order valence-electron chi connectivity index (χ2n) is 6.20. The van der Waals surface area contributed by atoms with Crippen molar-refractivity contribution in [2.45, 2.75) is 51.6 Å². The Labute approximate surface area is 108 Å². The van der Waals surface area contributed by atoms with Gasteiger partial charge < -0.3 is 15.1 Å². The Morgan fingerprint density at radius 3 is 2.29 bits per heavy atom. The summed E-state index contributed by atoms with van der Waals surface area (Å²) in [6.07, 6.45) is 3.90. The first-order valence-electron chi connectivity index (χ1n) is 7.09. The van der Waals surface area contributed by atoms with Gasteiger partial charge in [-0.1, -0.05) is 6.92 Å². The minimum absolute atomic E-state index is 0.251. The Hall–Kier alpha value is -0.120. The molecule has 0 radical (unpaired) electrons. The average Bonchev–Trinajstić information content (AvgIpc) is 2.28. The molecule has 1 heterocycles. The van der Waals surface area contributed by atoms with Gasteiger partial charge in [0.2, 0.25) is 0 Å². The van der Waals surface area contributed by atoms with Gasteiger partial charge in [-0.05, 0) is 66.8 Å². The highest BCUT2D eigenvalue weighted by atomic mass is 15.2. The van der Waals surface area contributed by atoms with E-state index < -0.39 is 0 Å². The molecule has 0 saturated carbocycles. The summed E-state index contributed by atoms with van der Waals surface area (Å²) in [7, 11) is 4.32. The Morgan fingerprint density at radius 2 is 1.82 bits per heavy atom. The summed E-state index contributed by atoms with van der Waals surface area (Å²) in [5.74, 6) is 0. The monoisotopic (exact) mass is 241 g/mol. The summed E-state index contributed by atoms with van der Waals surface area (Å²) in [6, 6.07) is 0.724. The molecule has 17 heavy (non-hydrogen) atoms. The van der Waals surface area contributed by atoms with E-state index in [1.54, 1.807) is 0 Å². The minimum Gasteiger partial charge on any atom is -0.312 e. The lowest BCUT2D eigenvalue weighted by atomic mass is 10.0. The van der Waals surface area contributed by atoms with Crippen LogP contribution in [0.2, 0.25) is 0 Å². The molecule has 1 rings (SSSR count). The molecule has 1 N–H and O–H groups in total. The molecular formula is C14H31N3. The van der Waals surface area contributed by atoms with Crippen LogP contribution in [-0.2, 0) is 0 Å². The molecular weight excluding hydrogens is 210 g/mol. The number of nitrogens with one attached hydrogen (secondary N) is 1. The minimum atomic E-state index is 0.251. The zero-order chi connectivity index (χ0) is 12.9. The van der Waals surface area contributed by atoms with Gasteiger partial charge in [0.1, 0.15) is 0 Å². The fourth-order valence-corrected chi connectivity index (χ4v) is 2.23. The maximum absolute atomic E-state index is 3.74. The largest absolute Gasteiger partial charge is 0.312 e. The summed E-state index contributed by atoms with van der Waals surface area (Å²) >= 11 is 0. The summed E-state index contributed by atoms with van der Waals surface area (Å²) in [6.45, 7) is 11.8. The molecule has 0 unspecified atom stereocenters. The van der Waals surface area contributed by atoms with Gasteiger partial charge in [0.05, 0.1) is 0 Å². The highest BCUT2D eigenvalue weighted by Crippen LogP contribution is 2.13.